The van der Waals surface area contributed by atoms with Gasteiger partial charge in [-0.2, -0.15) is 5.10 Å². The van der Waals surface area contributed by atoms with Gasteiger partial charge in [0.15, 0.2) is 10.9 Å². The molecule has 3 heterocycles. The fourth-order valence-corrected chi connectivity index (χ4v) is 4.87. The minimum Gasteiger partial charge on any atom is -0.382 e. The number of unbranched alkanes of at least 4 members (excludes halogenated alkanes) is 1. The summed E-state index contributed by atoms with van der Waals surface area (Å²) in [7, 11) is 2.30. The van der Waals surface area contributed by atoms with Gasteiger partial charge in [-0.05, 0) is 24.8 Å². The van der Waals surface area contributed by atoms with Gasteiger partial charge in [0.2, 0.25) is 0 Å². The first-order chi connectivity index (χ1) is 16.4. The monoisotopic (exact) mass is 485 g/mol. The van der Waals surface area contributed by atoms with Crippen molar-refractivity contribution in [1.29, 1.82) is 0 Å². The Labute approximate surface area is 206 Å². The van der Waals surface area contributed by atoms with Crippen LogP contribution in [0.15, 0.2) is 24.4 Å². The SMILES string of the molecule is CCCCn1cc2c(n1)c(N)nc1cc([N+]3(C)CCN(CCOCCC(=O)SC)CC3)ccc12. The van der Waals surface area contributed by atoms with E-state index in [-0.39, 0.29) is 5.12 Å². The Morgan fingerprint density at radius 3 is 2.74 bits per heavy atom. The number of nitrogens with zero attached hydrogens (tertiary/aromatic N) is 5. The van der Waals surface area contributed by atoms with E-state index in [1.807, 2.05) is 10.9 Å². The maximum Gasteiger partial charge on any atom is 0.190 e. The number of nitrogen functional groups attached to an aromatic ring is 1. The summed E-state index contributed by atoms with van der Waals surface area (Å²) in [4.78, 5) is 18.5. The van der Waals surface area contributed by atoms with Crippen LogP contribution < -0.4 is 10.2 Å². The lowest BCUT2D eigenvalue weighted by Gasteiger charge is -2.41. The number of pyridine rings is 1. The molecule has 0 amide bonds. The van der Waals surface area contributed by atoms with Crippen LogP contribution in [-0.4, -0.2) is 84.0 Å². The molecule has 0 unspecified atom stereocenters. The molecule has 1 aliphatic heterocycles. The van der Waals surface area contributed by atoms with Gasteiger partial charge in [-0.3, -0.25) is 18.9 Å². The number of aromatic nitrogens is 3. The maximum atomic E-state index is 11.3. The van der Waals surface area contributed by atoms with Gasteiger partial charge in [0.25, 0.3) is 0 Å². The van der Waals surface area contributed by atoms with Crippen LogP contribution in [0, 0.1) is 0 Å². The van der Waals surface area contributed by atoms with Crippen molar-refractivity contribution >= 4 is 50.2 Å². The van der Waals surface area contributed by atoms with E-state index in [2.05, 4.69) is 48.4 Å². The molecule has 34 heavy (non-hydrogen) atoms. The van der Waals surface area contributed by atoms with Gasteiger partial charge in [0.05, 0.1) is 38.9 Å². The van der Waals surface area contributed by atoms with Crippen molar-refractivity contribution in [2.45, 2.75) is 32.7 Å². The molecule has 4 rings (SSSR count). The van der Waals surface area contributed by atoms with Gasteiger partial charge in [0, 0.05) is 55.6 Å². The van der Waals surface area contributed by atoms with Crippen LogP contribution in [0.3, 0.4) is 0 Å². The number of ether oxygens (including phenoxy) is 1. The Kier molecular flexibility index (Phi) is 8.08. The van der Waals surface area contributed by atoms with Crippen LogP contribution >= 0.6 is 11.8 Å². The zero-order chi connectivity index (χ0) is 24.1. The van der Waals surface area contributed by atoms with Crippen LogP contribution in [0.4, 0.5) is 11.5 Å². The average Bonchev–Trinajstić information content (AvgIpc) is 3.28. The second-order valence-corrected chi connectivity index (χ2v) is 10.2. The summed E-state index contributed by atoms with van der Waals surface area (Å²) in [6, 6.07) is 6.63. The Morgan fingerprint density at radius 1 is 1.21 bits per heavy atom. The molecule has 2 N–H and O–H groups in total. The quantitative estimate of drug-likeness (QED) is 0.347. The Morgan fingerprint density at radius 2 is 2.00 bits per heavy atom. The Balaban J connectivity index is 1.41. The number of nitrogens with two attached hydrogens (primary N) is 1. The molecule has 1 saturated heterocycles. The topological polar surface area (TPSA) is 86.3 Å². The van der Waals surface area contributed by atoms with Crippen LogP contribution in [0.25, 0.3) is 21.8 Å². The highest BCUT2D eigenvalue weighted by atomic mass is 32.2. The van der Waals surface area contributed by atoms with Gasteiger partial charge in [-0.1, -0.05) is 25.1 Å². The molecule has 0 aliphatic carbocycles. The van der Waals surface area contributed by atoms with Gasteiger partial charge >= 0.3 is 0 Å². The average molecular weight is 486 g/mol. The van der Waals surface area contributed by atoms with Gasteiger partial charge in [0.1, 0.15) is 11.2 Å². The normalized spacial score (nSPS) is 16.4. The lowest BCUT2D eigenvalue weighted by atomic mass is 10.1. The van der Waals surface area contributed by atoms with E-state index in [0.717, 1.165) is 78.4 Å². The van der Waals surface area contributed by atoms with E-state index in [1.165, 1.54) is 17.4 Å². The van der Waals surface area contributed by atoms with Crippen LogP contribution in [0.5, 0.6) is 0 Å². The number of piperazine rings is 1. The lowest BCUT2D eigenvalue weighted by Crippen LogP contribution is -2.58. The third-order valence-corrected chi connectivity index (χ3v) is 7.59. The molecule has 184 valence electrons. The largest absolute Gasteiger partial charge is 0.382 e. The first kappa shape index (κ1) is 24.9. The Hall–Kier alpha value is -2.20. The number of aryl methyl sites for hydroxylation is 1. The second-order valence-electron chi connectivity index (χ2n) is 9.33. The number of carbonyl (C=O) groups excluding carboxylic acids is 1. The summed E-state index contributed by atoms with van der Waals surface area (Å²) in [5.41, 5.74) is 9.31. The number of rotatable bonds is 10. The van der Waals surface area contributed by atoms with E-state index in [4.69, 9.17) is 15.5 Å². The number of thioether (sulfide) groups is 1. The molecular weight excluding hydrogens is 448 g/mol. The van der Waals surface area contributed by atoms with Crippen LogP contribution in [0.2, 0.25) is 0 Å². The zero-order valence-corrected chi connectivity index (χ0v) is 21.4. The second kappa shape index (κ2) is 11.0. The number of quaternary nitrogens is 1. The molecule has 1 aromatic carbocycles. The summed E-state index contributed by atoms with van der Waals surface area (Å²) in [5.74, 6) is 0.501. The third-order valence-electron chi connectivity index (χ3n) is 6.93. The number of fused-ring (bicyclic) bond motifs is 3. The third kappa shape index (κ3) is 5.54. The minimum absolute atomic E-state index is 0.184. The van der Waals surface area contributed by atoms with Crippen molar-refractivity contribution in [3.63, 3.8) is 0 Å². The molecule has 9 heteroatoms. The first-order valence-electron chi connectivity index (χ1n) is 12.2. The standard InChI is InChI=1S/C25H37N6O2S/c1-4-5-9-30-18-21-20-7-6-19(17-22(20)27-25(26)24(21)28-30)31(2)13-10-29(11-14-31)12-16-33-15-8-23(32)34-3/h6-7,17-18H,4-5,8-16H2,1-3H3,(H2,26,27)/q+1. The number of anilines is 1. The van der Waals surface area contributed by atoms with Crippen molar-refractivity contribution < 1.29 is 9.53 Å². The molecule has 8 nitrogen and oxygen atoms in total. The fraction of sp³-hybridized carbons (Fsp3) is 0.560. The van der Waals surface area contributed by atoms with Crippen molar-refractivity contribution in [1.82, 2.24) is 24.1 Å². The molecule has 0 bridgehead atoms. The van der Waals surface area contributed by atoms with E-state index < -0.39 is 0 Å². The highest BCUT2D eigenvalue weighted by molar-refractivity contribution is 8.13. The predicted octanol–water partition coefficient (Wildman–Crippen LogP) is 3.52. The molecule has 0 spiro atoms. The number of benzene rings is 1. The molecule has 0 atom stereocenters. The van der Waals surface area contributed by atoms with Gasteiger partial charge in [-0.25, -0.2) is 4.98 Å². The summed E-state index contributed by atoms with van der Waals surface area (Å²) in [6.07, 6.45) is 6.64. The molecule has 2 aromatic heterocycles. The fourth-order valence-electron chi connectivity index (χ4n) is 4.58. The number of hydrogen-bond donors (Lipinski definition) is 1. The van der Waals surface area contributed by atoms with Crippen LogP contribution in [0.1, 0.15) is 26.2 Å². The zero-order valence-electron chi connectivity index (χ0n) is 20.6. The lowest BCUT2D eigenvalue weighted by molar-refractivity contribution is -0.112. The number of likely N-dealkylation sites (N-methyl/N-ethyl adjacent to an activating group) is 1. The van der Waals surface area contributed by atoms with Crippen LogP contribution in [-0.2, 0) is 16.1 Å². The summed E-state index contributed by atoms with van der Waals surface area (Å²) in [5, 5.41) is 7.05. The highest BCUT2D eigenvalue weighted by Crippen LogP contribution is 2.32. The highest BCUT2D eigenvalue weighted by Gasteiger charge is 2.31. The van der Waals surface area contributed by atoms with Crippen molar-refractivity contribution in [3.05, 3.63) is 24.4 Å². The molecule has 0 saturated carbocycles. The molecule has 1 aliphatic rings. The minimum atomic E-state index is 0.184. The van der Waals surface area contributed by atoms with E-state index in [1.54, 1.807) is 0 Å². The number of carbonyl (C=O) groups is 1. The van der Waals surface area contributed by atoms with E-state index in [9.17, 15) is 4.79 Å². The first-order valence-corrected chi connectivity index (χ1v) is 13.4. The van der Waals surface area contributed by atoms with Crippen molar-refractivity contribution in [3.8, 4) is 0 Å². The smallest absolute Gasteiger partial charge is 0.190 e. The summed E-state index contributed by atoms with van der Waals surface area (Å²) in [6.45, 7) is 9.27. The molecule has 3 aromatic rings. The van der Waals surface area contributed by atoms with Crippen molar-refractivity contribution in [2.75, 3.05) is 65.0 Å². The molecule has 1 fully saturated rings. The maximum absolute atomic E-state index is 11.3. The van der Waals surface area contributed by atoms with Gasteiger partial charge < -0.3 is 10.5 Å². The van der Waals surface area contributed by atoms with E-state index in [0.29, 0.717) is 25.5 Å². The predicted molar refractivity (Wildman–Crippen MR) is 142 cm³/mol. The Bertz CT molecular complexity index is 1140. The molecular formula is C25H37N6O2S+. The number of hydrogen-bond acceptors (Lipinski definition) is 7. The summed E-state index contributed by atoms with van der Waals surface area (Å²) < 4.78 is 8.53. The van der Waals surface area contributed by atoms with Gasteiger partial charge in [-0.15, -0.1) is 0 Å². The van der Waals surface area contributed by atoms with E-state index >= 15 is 0 Å². The summed E-state index contributed by atoms with van der Waals surface area (Å²) >= 11 is 1.27. The molecule has 0 radical (unpaired) electrons. The van der Waals surface area contributed by atoms with Crippen molar-refractivity contribution in [2.24, 2.45) is 0 Å².